The molecule has 0 unspecified atom stereocenters. The van der Waals surface area contributed by atoms with Gasteiger partial charge < -0.3 is 19.7 Å². The fourth-order valence-corrected chi connectivity index (χ4v) is 2.87. The van der Waals surface area contributed by atoms with Crippen LogP contribution in [0, 0.1) is 13.8 Å². The molecule has 23 heavy (non-hydrogen) atoms. The maximum atomic E-state index is 12.3. The standard InChI is InChI=1S/C17H27N3O3/c1-6-23-14-7-13(8-14)19-17(21)20(4)10-15-12(3)16(22-5)11(2)9-18-15/h9,13-14H,6-8,10H2,1-5H3,(H,19,21). The fourth-order valence-electron chi connectivity index (χ4n) is 2.87. The summed E-state index contributed by atoms with van der Waals surface area (Å²) < 4.78 is 10.9. The van der Waals surface area contributed by atoms with Gasteiger partial charge in [-0.15, -0.1) is 0 Å². The molecule has 1 N–H and O–H groups in total. The zero-order chi connectivity index (χ0) is 17.0. The molecule has 128 valence electrons. The van der Waals surface area contributed by atoms with E-state index in [-0.39, 0.29) is 12.1 Å². The van der Waals surface area contributed by atoms with Crippen LogP contribution in [-0.2, 0) is 11.3 Å². The normalized spacial score (nSPS) is 19.9. The van der Waals surface area contributed by atoms with Gasteiger partial charge in [-0.05, 0) is 33.6 Å². The number of urea groups is 1. The number of hydrogen-bond acceptors (Lipinski definition) is 4. The van der Waals surface area contributed by atoms with Crippen LogP contribution in [0.4, 0.5) is 4.79 Å². The average molecular weight is 321 g/mol. The van der Waals surface area contributed by atoms with Crippen molar-refractivity contribution in [3.05, 3.63) is 23.0 Å². The number of amides is 2. The second-order valence-corrected chi connectivity index (χ2v) is 6.10. The molecule has 0 spiro atoms. The molecule has 1 aromatic rings. The van der Waals surface area contributed by atoms with Crippen LogP contribution in [0.1, 0.15) is 36.6 Å². The van der Waals surface area contributed by atoms with Crippen LogP contribution < -0.4 is 10.1 Å². The summed E-state index contributed by atoms with van der Waals surface area (Å²) in [4.78, 5) is 18.4. The first-order chi connectivity index (χ1) is 11.0. The monoisotopic (exact) mass is 321 g/mol. The van der Waals surface area contributed by atoms with E-state index in [1.54, 1.807) is 25.3 Å². The van der Waals surface area contributed by atoms with Crippen molar-refractivity contribution in [2.45, 2.75) is 52.3 Å². The predicted octanol–water partition coefficient (Wildman–Crippen LogP) is 2.42. The Kier molecular flexibility index (Phi) is 5.82. The van der Waals surface area contributed by atoms with Gasteiger partial charge in [-0.25, -0.2) is 4.79 Å². The van der Waals surface area contributed by atoms with E-state index in [9.17, 15) is 4.79 Å². The van der Waals surface area contributed by atoms with Crippen LogP contribution in [-0.4, -0.2) is 48.8 Å². The summed E-state index contributed by atoms with van der Waals surface area (Å²) in [6.45, 7) is 7.11. The van der Waals surface area contributed by atoms with E-state index in [0.717, 1.165) is 42.0 Å². The van der Waals surface area contributed by atoms with Crippen molar-refractivity contribution in [3.8, 4) is 5.75 Å². The third kappa shape index (κ3) is 4.13. The lowest BCUT2D eigenvalue weighted by Gasteiger charge is -2.36. The van der Waals surface area contributed by atoms with Gasteiger partial charge in [-0.2, -0.15) is 0 Å². The van der Waals surface area contributed by atoms with Crippen LogP contribution in [0.25, 0.3) is 0 Å². The minimum atomic E-state index is -0.0781. The summed E-state index contributed by atoms with van der Waals surface area (Å²) >= 11 is 0. The number of nitrogens with zero attached hydrogens (tertiary/aromatic N) is 2. The maximum Gasteiger partial charge on any atom is 0.317 e. The summed E-state index contributed by atoms with van der Waals surface area (Å²) in [5.74, 6) is 0.836. The zero-order valence-electron chi connectivity index (χ0n) is 14.7. The molecule has 0 atom stereocenters. The van der Waals surface area contributed by atoms with Gasteiger partial charge in [0.2, 0.25) is 0 Å². The van der Waals surface area contributed by atoms with Crippen LogP contribution in [0.5, 0.6) is 5.75 Å². The smallest absolute Gasteiger partial charge is 0.317 e. The van der Waals surface area contributed by atoms with E-state index in [1.165, 1.54) is 0 Å². The second-order valence-electron chi connectivity index (χ2n) is 6.10. The van der Waals surface area contributed by atoms with E-state index < -0.39 is 0 Å². The molecule has 0 bridgehead atoms. The van der Waals surface area contributed by atoms with Crippen LogP contribution >= 0.6 is 0 Å². The third-order valence-electron chi connectivity index (χ3n) is 4.31. The Morgan fingerprint density at radius 1 is 1.43 bits per heavy atom. The molecule has 2 amide bonds. The Morgan fingerprint density at radius 2 is 2.13 bits per heavy atom. The van der Waals surface area contributed by atoms with Crippen molar-refractivity contribution in [2.24, 2.45) is 0 Å². The summed E-state index contributed by atoms with van der Waals surface area (Å²) in [6, 6.07) is 0.133. The summed E-state index contributed by atoms with van der Waals surface area (Å²) in [6.07, 6.45) is 3.86. The highest BCUT2D eigenvalue weighted by atomic mass is 16.5. The molecule has 0 aromatic carbocycles. The van der Waals surface area contributed by atoms with E-state index in [0.29, 0.717) is 12.6 Å². The molecular weight excluding hydrogens is 294 g/mol. The van der Waals surface area contributed by atoms with Gasteiger partial charge in [0.1, 0.15) is 5.75 Å². The number of hydrogen-bond donors (Lipinski definition) is 1. The molecule has 0 saturated heterocycles. The molecular formula is C17H27N3O3. The van der Waals surface area contributed by atoms with Gasteiger partial charge in [0.15, 0.2) is 0 Å². The lowest BCUT2D eigenvalue weighted by Crippen LogP contribution is -2.51. The lowest BCUT2D eigenvalue weighted by molar-refractivity contribution is -0.00795. The summed E-state index contributed by atoms with van der Waals surface area (Å²) in [5, 5.41) is 3.03. The molecule has 1 aliphatic rings. The van der Waals surface area contributed by atoms with Gasteiger partial charge in [-0.3, -0.25) is 4.98 Å². The fraction of sp³-hybridized carbons (Fsp3) is 0.647. The first-order valence-electron chi connectivity index (χ1n) is 8.08. The average Bonchev–Trinajstić information content (AvgIpc) is 2.48. The van der Waals surface area contributed by atoms with Gasteiger partial charge in [-0.1, -0.05) is 0 Å². The number of rotatable bonds is 6. The van der Waals surface area contributed by atoms with E-state index in [4.69, 9.17) is 9.47 Å². The first kappa shape index (κ1) is 17.5. The van der Waals surface area contributed by atoms with Crippen molar-refractivity contribution >= 4 is 6.03 Å². The van der Waals surface area contributed by atoms with Crippen molar-refractivity contribution in [3.63, 3.8) is 0 Å². The highest BCUT2D eigenvalue weighted by Crippen LogP contribution is 2.25. The summed E-state index contributed by atoms with van der Waals surface area (Å²) in [5.41, 5.74) is 2.83. The van der Waals surface area contributed by atoms with Gasteiger partial charge in [0, 0.05) is 37.0 Å². The van der Waals surface area contributed by atoms with Crippen molar-refractivity contribution in [2.75, 3.05) is 20.8 Å². The molecule has 6 nitrogen and oxygen atoms in total. The number of ether oxygens (including phenoxy) is 2. The minimum absolute atomic E-state index is 0.0781. The second kappa shape index (κ2) is 7.64. The van der Waals surface area contributed by atoms with Gasteiger partial charge >= 0.3 is 6.03 Å². The SMILES string of the molecule is CCOC1CC(NC(=O)N(C)Cc2ncc(C)c(OC)c2C)C1. The molecule has 1 heterocycles. The number of methoxy groups -OCH3 is 1. The van der Waals surface area contributed by atoms with Crippen molar-refractivity contribution in [1.29, 1.82) is 0 Å². The molecule has 6 heteroatoms. The van der Waals surface area contributed by atoms with E-state index in [2.05, 4.69) is 10.3 Å². The predicted molar refractivity (Wildman–Crippen MR) is 88.7 cm³/mol. The van der Waals surface area contributed by atoms with Gasteiger partial charge in [0.25, 0.3) is 0 Å². The Balaban J connectivity index is 1.89. The molecule has 2 rings (SSSR count). The minimum Gasteiger partial charge on any atom is -0.496 e. The zero-order valence-corrected chi connectivity index (χ0v) is 14.7. The Bertz CT molecular complexity index is 556. The Hall–Kier alpha value is -1.82. The Morgan fingerprint density at radius 3 is 2.74 bits per heavy atom. The van der Waals surface area contributed by atoms with Crippen molar-refractivity contribution in [1.82, 2.24) is 15.2 Å². The van der Waals surface area contributed by atoms with Crippen LogP contribution in [0.3, 0.4) is 0 Å². The quantitative estimate of drug-likeness (QED) is 0.874. The molecule has 1 aromatic heterocycles. The highest BCUT2D eigenvalue weighted by Gasteiger charge is 2.31. The van der Waals surface area contributed by atoms with Crippen molar-refractivity contribution < 1.29 is 14.3 Å². The topological polar surface area (TPSA) is 63.7 Å². The highest BCUT2D eigenvalue weighted by molar-refractivity contribution is 5.74. The number of aryl methyl sites for hydroxylation is 1. The van der Waals surface area contributed by atoms with Gasteiger partial charge in [0.05, 0.1) is 25.5 Å². The first-order valence-corrected chi connectivity index (χ1v) is 8.08. The van der Waals surface area contributed by atoms with Crippen LogP contribution in [0.15, 0.2) is 6.20 Å². The lowest BCUT2D eigenvalue weighted by atomic mass is 9.89. The number of carbonyl (C=O) groups excluding carboxylic acids is 1. The molecule has 1 saturated carbocycles. The molecule has 0 aliphatic heterocycles. The van der Waals surface area contributed by atoms with E-state index in [1.807, 2.05) is 20.8 Å². The largest absolute Gasteiger partial charge is 0.496 e. The number of pyridine rings is 1. The molecule has 1 aliphatic carbocycles. The Labute approximate surface area is 138 Å². The number of nitrogens with one attached hydrogen (secondary N) is 1. The third-order valence-corrected chi connectivity index (χ3v) is 4.31. The number of aromatic nitrogens is 1. The maximum absolute atomic E-state index is 12.3. The summed E-state index contributed by atoms with van der Waals surface area (Å²) in [7, 11) is 3.43. The van der Waals surface area contributed by atoms with E-state index >= 15 is 0 Å². The molecule has 0 radical (unpaired) electrons. The molecule has 1 fully saturated rings. The van der Waals surface area contributed by atoms with Crippen LogP contribution in [0.2, 0.25) is 0 Å². The number of carbonyl (C=O) groups is 1.